The van der Waals surface area contributed by atoms with E-state index in [1.165, 1.54) is 18.2 Å². The number of nitrogens with two attached hydrogens (primary N) is 1. The van der Waals surface area contributed by atoms with E-state index in [1.807, 2.05) is 45.0 Å². The van der Waals surface area contributed by atoms with Crippen LogP contribution < -0.4 is 16.0 Å². The van der Waals surface area contributed by atoms with Crippen molar-refractivity contribution in [3.05, 3.63) is 82.1 Å². The standard InChI is InChI=1S/C26H23FN4O2/c1-14-5-4-6-16(9-14)31-20-11-25(2,3)12-21(32)22(20)26(18(13-28)23(31)29)17-10-15(27)7-8-19(17)30-24(26)33/h4-10H,11-12,29H2,1-3H3,(H,30,33)/t26-/m1/s1. The average Bonchev–Trinajstić information content (AvgIpc) is 2.99. The molecule has 0 aromatic heterocycles. The molecular weight excluding hydrogens is 419 g/mol. The molecule has 0 saturated heterocycles. The van der Waals surface area contributed by atoms with E-state index in [-0.39, 0.29) is 40.1 Å². The summed E-state index contributed by atoms with van der Waals surface area (Å²) in [5.74, 6) is -1.30. The fraction of sp³-hybridized carbons (Fsp3) is 0.269. The van der Waals surface area contributed by atoms with E-state index in [4.69, 9.17) is 5.73 Å². The van der Waals surface area contributed by atoms with Crippen LogP contribution in [-0.4, -0.2) is 11.7 Å². The normalized spacial score (nSPS) is 23.4. The van der Waals surface area contributed by atoms with Gasteiger partial charge in [0.15, 0.2) is 5.78 Å². The lowest BCUT2D eigenvalue weighted by molar-refractivity contribution is -0.123. The second-order valence-electron chi connectivity index (χ2n) is 9.70. The Bertz CT molecular complexity index is 1360. The predicted octanol–water partition coefficient (Wildman–Crippen LogP) is 4.18. The number of aryl methyl sites for hydroxylation is 1. The molecule has 5 rings (SSSR count). The van der Waals surface area contributed by atoms with Crippen molar-refractivity contribution in [1.82, 2.24) is 0 Å². The minimum absolute atomic E-state index is 0.0691. The maximum absolute atomic E-state index is 14.4. The van der Waals surface area contributed by atoms with Crippen LogP contribution in [0.4, 0.5) is 15.8 Å². The van der Waals surface area contributed by atoms with Gasteiger partial charge in [-0.25, -0.2) is 4.39 Å². The lowest BCUT2D eigenvalue weighted by Gasteiger charge is -2.46. The van der Waals surface area contributed by atoms with Crippen LogP contribution in [0.3, 0.4) is 0 Å². The van der Waals surface area contributed by atoms with Gasteiger partial charge in [0.2, 0.25) is 5.91 Å². The lowest BCUT2D eigenvalue weighted by Crippen LogP contribution is -2.52. The van der Waals surface area contributed by atoms with E-state index >= 15 is 0 Å². The number of Topliss-reactive ketones (excluding diaryl/α,β-unsaturated/α-hetero) is 1. The van der Waals surface area contributed by atoms with E-state index in [9.17, 15) is 19.2 Å². The second kappa shape index (κ2) is 6.79. The Morgan fingerprint density at radius 2 is 1.91 bits per heavy atom. The summed E-state index contributed by atoms with van der Waals surface area (Å²) in [5.41, 5.74) is 7.47. The van der Waals surface area contributed by atoms with Crippen molar-refractivity contribution < 1.29 is 14.0 Å². The lowest BCUT2D eigenvalue weighted by atomic mass is 9.60. The van der Waals surface area contributed by atoms with Gasteiger partial charge in [-0.05, 0) is 54.7 Å². The van der Waals surface area contributed by atoms with Gasteiger partial charge in [0.1, 0.15) is 23.1 Å². The Balaban J connectivity index is 1.92. The fourth-order valence-corrected chi connectivity index (χ4v) is 5.45. The molecule has 7 heteroatoms. The van der Waals surface area contributed by atoms with Gasteiger partial charge in [-0.15, -0.1) is 0 Å². The molecule has 33 heavy (non-hydrogen) atoms. The SMILES string of the molecule is Cc1cccc(N2C(N)=C(C#N)[C@@]3(C(=O)Nc4ccc(F)cc43)C3=C2CC(C)(C)CC3=O)c1. The van der Waals surface area contributed by atoms with Crippen LogP contribution in [0.2, 0.25) is 0 Å². The highest BCUT2D eigenvalue weighted by atomic mass is 19.1. The summed E-state index contributed by atoms with van der Waals surface area (Å²) in [5, 5.41) is 13.0. The van der Waals surface area contributed by atoms with E-state index < -0.39 is 17.1 Å². The number of hydrogen-bond donors (Lipinski definition) is 2. The van der Waals surface area contributed by atoms with Crippen LogP contribution in [0.25, 0.3) is 0 Å². The van der Waals surface area contributed by atoms with Gasteiger partial charge < -0.3 is 11.1 Å². The summed E-state index contributed by atoms with van der Waals surface area (Å²) in [6.07, 6.45) is 0.660. The molecule has 6 nitrogen and oxygen atoms in total. The van der Waals surface area contributed by atoms with Crippen LogP contribution in [0.15, 0.2) is 65.1 Å². The molecule has 166 valence electrons. The van der Waals surface area contributed by atoms with Crippen LogP contribution in [0.5, 0.6) is 0 Å². The van der Waals surface area contributed by atoms with Gasteiger partial charge in [0.05, 0.1) is 5.57 Å². The van der Waals surface area contributed by atoms with Crippen molar-refractivity contribution in [2.24, 2.45) is 11.1 Å². The number of nitrogens with zero attached hydrogens (tertiary/aromatic N) is 2. The summed E-state index contributed by atoms with van der Waals surface area (Å²) in [4.78, 5) is 29.1. The number of carbonyl (C=O) groups is 2. The number of rotatable bonds is 1. The zero-order valence-corrected chi connectivity index (χ0v) is 18.6. The van der Waals surface area contributed by atoms with Crippen molar-refractivity contribution in [1.29, 1.82) is 5.26 Å². The first-order valence-corrected chi connectivity index (χ1v) is 10.8. The van der Waals surface area contributed by atoms with Crippen LogP contribution >= 0.6 is 0 Å². The Kier molecular flexibility index (Phi) is 4.31. The highest BCUT2D eigenvalue weighted by molar-refractivity contribution is 6.20. The number of hydrogen-bond acceptors (Lipinski definition) is 5. The monoisotopic (exact) mass is 442 g/mol. The van der Waals surface area contributed by atoms with Gasteiger partial charge in [-0.1, -0.05) is 26.0 Å². The molecule has 0 bridgehead atoms. The summed E-state index contributed by atoms with van der Waals surface area (Å²) >= 11 is 0. The number of allylic oxidation sites excluding steroid dienone is 1. The zero-order valence-electron chi connectivity index (χ0n) is 18.6. The Morgan fingerprint density at radius 1 is 1.15 bits per heavy atom. The number of carbonyl (C=O) groups excluding carboxylic acids is 2. The first kappa shape index (κ1) is 21.0. The highest BCUT2D eigenvalue weighted by Crippen LogP contribution is 2.57. The number of nitriles is 1. The van der Waals surface area contributed by atoms with Gasteiger partial charge in [0.25, 0.3) is 0 Å². The minimum atomic E-state index is -1.78. The molecule has 1 amide bonds. The first-order valence-electron chi connectivity index (χ1n) is 10.8. The van der Waals surface area contributed by atoms with E-state index in [0.29, 0.717) is 23.5 Å². The number of fused-ring (bicyclic) bond motifs is 3. The average molecular weight is 442 g/mol. The molecule has 2 aliphatic heterocycles. The topological polar surface area (TPSA) is 99.2 Å². The molecule has 2 aromatic rings. The smallest absolute Gasteiger partial charge is 0.245 e. The Hall–Kier alpha value is -3.92. The zero-order chi connectivity index (χ0) is 23.7. The second-order valence-corrected chi connectivity index (χ2v) is 9.70. The van der Waals surface area contributed by atoms with Crippen molar-refractivity contribution in [3.63, 3.8) is 0 Å². The summed E-state index contributed by atoms with van der Waals surface area (Å²) in [6.45, 7) is 5.91. The third-order valence-electron chi connectivity index (χ3n) is 6.72. The van der Waals surface area contributed by atoms with Crippen molar-refractivity contribution >= 4 is 23.1 Å². The minimum Gasteiger partial charge on any atom is -0.384 e. The quantitative estimate of drug-likeness (QED) is 0.690. The van der Waals surface area contributed by atoms with Gasteiger partial charge in [-0.2, -0.15) is 5.26 Å². The molecule has 0 radical (unpaired) electrons. The summed E-state index contributed by atoms with van der Waals surface area (Å²) in [7, 11) is 0. The molecular formula is C26H23FN4O2. The molecule has 0 unspecified atom stereocenters. The number of halogens is 1. The molecule has 3 aliphatic rings. The van der Waals surface area contributed by atoms with Gasteiger partial charge in [-0.3, -0.25) is 14.5 Å². The molecule has 3 N–H and O–H groups in total. The molecule has 0 saturated carbocycles. The van der Waals surface area contributed by atoms with Gasteiger partial charge >= 0.3 is 0 Å². The largest absolute Gasteiger partial charge is 0.384 e. The Morgan fingerprint density at radius 3 is 2.61 bits per heavy atom. The maximum Gasteiger partial charge on any atom is 0.245 e. The maximum atomic E-state index is 14.4. The van der Waals surface area contributed by atoms with Crippen molar-refractivity contribution in [3.8, 4) is 6.07 Å². The number of benzene rings is 2. The summed E-state index contributed by atoms with van der Waals surface area (Å²) < 4.78 is 14.4. The molecule has 2 aromatic carbocycles. The third kappa shape index (κ3) is 2.77. The number of anilines is 2. The van der Waals surface area contributed by atoms with Crippen LogP contribution in [-0.2, 0) is 15.0 Å². The summed E-state index contributed by atoms with van der Waals surface area (Å²) in [6, 6.07) is 13.6. The van der Waals surface area contributed by atoms with Crippen molar-refractivity contribution in [2.45, 2.75) is 39.0 Å². The molecule has 1 atom stereocenters. The first-order chi connectivity index (χ1) is 15.6. The number of ketones is 1. The van der Waals surface area contributed by atoms with Crippen LogP contribution in [0.1, 0.15) is 37.8 Å². The van der Waals surface area contributed by atoms with E-state index in [1.54, 1.807) is 4.90 Å². The van der Waals surface area contributed by atoms with E-state index in [0.717, 1.165) is 5.56 Å². The molecule has 1 aliphatic carbocycles. The predicted molar refractivity (Wildman–Crippen MR) is 122 cm³/mol. The molecule has 0 fully saturated rings. The Labute approximate surface area is 191 Å². The molecule has 2 heterocycles. The highest BCUT2D eigenvalue weighted by Gasteiger charge is 2.61. The van der Waals surface area contributed by atoms with Crippen LogP contribution in [0, 0.1) is 29.5 Å². The number of nitrogens with one attached hydrogen (secondary N) is 1. The number of amides is 1. The fourth-order valence-electron chi connectivity index (χ4n) is 5.45. The molecule has 1 spiro atoms. The van der Waals surface area contributed by atoms with Gasteiger partial charge in [0, 0.05) is 34.6 Å². The third-order valence-corrected chi connectivity index (χ3v) is 6.72. The van der Waals surface area contributed by atoms with Crippen molar-refractivity contribution in [2.75, 3.05) is 10.2 Å². The van der Waals surface area contributed by atoms with E-state index in [2.05, 4.69) is 11.4 Å².